The third-order valence-corrected chi connectivity index (χ3v) is 2.68. The first-order valence-corrected chi connectivity index (χ1v) is 4.99. The summed E-state index contributed by atoms with van der Waals surface area (Å²) in [5, 5.41) is 20.9. The standard InChI is InChI=1S/C9H20N2O2/c10-7-1-3-8(4-2-7)11-9(5-12)6-13/h7-9,11-13H,1-6,10H2. The van der Waals surface area contributed by atoms with Crippen LogP contribution in [0.1, 0.15) is 25.7 Å². The first kappa shape index (κ1) is 10.9. The summed E-state index contributed by atoms with van der Waals surface area (Å²) >= 11 is 0. The number of nitrogens with two attached hydrogens (primary N) is 1. The van der Waals surface area contributed by atoms with E-state index in [1.54, 1.807) is 0 Å². The van der Waals surface area contributed by atoms with Crippen molar-refractivity contribution in [3.8, 4) is 0 Å². The van der Waals surface area contributed by atoms with Gasteiger partial charge < -0.3 is 21.3 Å². The number of rotatable bonds is 4. The normalized spacial score (nSPS) is 29.5. The van der Waals surface area contributed by atoms with Gasteiger partial charge in [-0.25, -0.2) is 0 Å². The van der Waals surface area contributed by atoms with Crippen LogP contribution in [0.2, 0.25) is 0 Å². The van der Waals surface area contributed by atoms with Crippen LogP contribution < -0.4 is 11.1 Å². The zero-order valence-corrected chi connectivity index (χ0v) is 7.95. The van der Waals surface area contributed by atoms with Crippen molar-refractivity contribution >= 4 is 0 Å². The van der Waals surface area contributed by atoms with Gasteiger partial charge in [-0.1, -0.05) is 0 Å². The molecule has 13 heavy (non-hydrogen) atoms. The summed E-state index contributed by atoms with van der Waals surface area (Å²) in [6.45, 7) is -0.00188. The van der Waals surface area contributed by atoms with Crippen LogP contribution in [0.5, 0.6) is 0 Å². The molecule has 1 aliphatic carbocycles. The van der Waals surface area contributed by atoms with Gasteiger partial charge in [-0.05, 0) is 25.7 Å². The molecule has 0 spiro atoms. The molecule has 1 fully saturated rings. The lowest BCUT2D eigenvalue weighted by Crippen LogP contribution is -2.45. The fourth-order valence-corrected chi connectivity index (χ4v) is 1.78. The van der Waals surface area contributed by atoms with Gasteiger partial charge in [0.05, 0.1) is 19.3 Å². The van der Waals surface area contributed by atoms with Crippen LogP contribution in [0.4, 0.5) is 0 Å². The monoisotopic (exact) mass is 188 g/mol. The lowest BCUT2D eigenvalue weighted by molar-refractivity contribution is 0.153. The number of hydrogen-bond acceptors (Lipinski definition) is 4. The Balaban J connectivity index is 2.21. The molecule has 0 aromatic heterocycles. The average Bonchev–Trinajstić information content (AvgIpc) is 2.17. The molecule has 4 heteroatoms. The molecule has 0 amide bonds. The third-order valence-electron chi connectivity index (χ3n) is 2.68. The maximum absolute atomic E-state index is 8.86. The molecule has 0 unspecified atom stereocenters. The highest BCUT2D eigenvalue weighted by molar-refractivity contribution is 4.81. The van der Waals surface area contributed by atoms with E-state index >= 15 is 0 Å². The Labute approximate surface area is 79.1 Å². The summed E-state index contributed by atoms with van der Waals surface area (Å²) in [6, 6.07) is 0.600. The van der Waals surface area contributed by atoms with E-state index in [2.05, 4.69) is 5.32 Å². The molecule has 0 atom stereocenters. The average molecular weight is 188 g/mol. The summed E-state index contributed by atoms with van der Waals surface area (Å²) in [6.07, 6.45) is 4.19. The molecule has 5 N–H and O–H groups in total. The van der Waals surface area contributed by atoms with Gasteiger partial charge in [0.25, 0.3) is 0 Å². The third kappa shape index (κ3) is 3.60. The molecule has 1 saturated carbocycles. The first-order chi connectivity index (χ1) is 6.26. The predicted octanol–water partition coefficient (Wildman–Crippen LogP) is -0.801. The van der Waals surface area contributed by atoms with E-state index in [9.17, 15) is 0 Å². The van der Waals surface area contributed by atoms with E-state index in [4.69, 9.17) is 15.9 Å². The zero-order valence-electron chi connectivity index (χ0n) is 7.95. The van der Waals surface area contributed by atoms with Gasteiger partial charge in [-0.15, -0.1) is 0 Å². The van der Waals surface area contributed by atoms with Gasteiger partial charge >= 0.3 is 0 Å². The molecule has 1 rings (SSSR count). The highest BCUT2D eigenvalue weighted by atomic mass is 16.3. The van der Waals surface area contributed by atoms with Gasteiger partial charge in [0.1, 0.15) is 0 Å². The van der Waals surface area contributed by atoms with E-state index in [0.717, 1.165) is 25.7 Å². The fourth-order valence-electron chi connectivity index (χ4n) is 1.78. The smallest absolute Gasteiger partial charge is 0.0607 e. The van der Waals surface area contributed by atoms with Crippen molar-refractivity contribution in [1.82, 2.24) is 5.32 Å². The maximum Gasteiger partial charge on any atom is 0.0607 e. The second kappa shape index (κ2) is 5.54. The Bertz CT molecular complexity index is 132. The highest BCUT2D eigenvalue weighted by Crippen LogP contribution is 2.17. The lowest BCUT2D eigenvalue weighted by atomic mass is 9.91. The summed E-state index contributed by atoms with van der Waals surface area (Å²) < 4.78 is 0. The Morgan fingerprint density at radius 2 is 1.69 bits per heavy atom. The number of aliphatic hydroxyl groups is 2. The molecule has 1 aliphatic rings. The molecule has 0 radical (unpaired) electrons. The van der Waals surface area contributed by atoms with Gasteiger partial charge in [0.15, 0.2) is 0 Å². The summed E-state index contributed by atoms with van der Waals surface area (Å²) in [7, 11) is 0. The van der Waals surface area contributed by atoms with Crippen LogP contribution in [0, 0.1) is 0 Å². The fraction of sp³-hybridized carbons (Fsp3) is 1.00. The van der Waals surface area contributed by atoms with Gasteiger partial charge in [-0.2, -0.15) is 0 Å². The second-order valence-corrected chi connectivity index (χ2v) is 3.84. The molecule has 0 aromatic rings. The van der Waals surface area contributed by atoms with Crippen LogP contribution >= 0.6 is 0 Å². The Kier molecular flexibility index (Phi) is 4.66. The quantitative estimate of drug-likeness (QED) is 0.466. The van der Waals surface area contributed by atoms with Crippen LogP contribution in [0.3, 0.4) is 0 Å². The summed E-state index contributed by atoms with van der Waals surface area (Å²) in [5.41, 5.74) is 5.77. The van der Waals surface area contributed by atoms with E-state index in [1.165, 1.54) is 0 Å². The molecule has 78 valence electrons. The molecular formula is C9H20N2O2. The van der Waals surface area contributed by atoms with Crippen molar-refractivity contribution in [2.45, 2.75) is 43.8 Å². The van der Waals surface area contributed by atoms with Crippen LogP contribution in [0.25, 0.3) is 0 Å². The number of aliphatic hydroxyl groups excluding tert-OH is 2. The second-order valence-electron chi connectivity index (χ2n) is 3.84. The van der Waals surface area contributed by atoms with Crippen LogP contribution in [0.15, 0.2) is 0 Å². The molecule has 0 saturated heterocycles. The van der Waals surface area contributed by atoms with Crippen molar-refractivity contribution in [2.24, 2.45) is 5.73 Å². The lowest BCUT2D eigenvalue weighted by Gasteiger charge is -2.29. The van der Waals surface area contributed by atoms with Crippen molar-refractivity contribution in [1.29, 1.82) is 0 Å². The van der Waals surface area contributed by atoms with E-state index < -0.39 is 0 Å². The molecule has 4 nitrogen and oxygen atoms in total. The van der Waals surface area contributed by atoms with E-state index in [-0.39, 0.29) is 19.3 Å². The first-order valence-electron chi connectivity index (χ1n) is 4.99. The minimum Gasteiger partial charge on any atom is -0.395 e. The van der Waals surface area contributed by atoms with Crippen LogP contribution in [-0.4, -0.2) is 41.6 Å². The molecule has 0 aromatic carbocycles. The number of hydrogen-bond donors (Lipinski definition) is 4. The highest BCUT2D eigenvalue weighted by Gasteiger charge is 2.20. The molecule has 0 heterocycles. The van der Waals surface area contributed by atoms with Crippen LogP contribution in [-0.2, 0) is 0 Å². The van der Waals surface area contributed by atoms with Crippen molar-refractivity contribution < 1.29 is 10.2 Å². The van der Waals surface area contributed by atoms with E-state index in [1.807, 2.05) is 0 Å². The van der Waals surface area contributed by atoms with Gasteiger partial charge in [0, 0.05) is 12.1 Å². The minimum atomic E-state index is -0.167. The summed E-state index contributed by atoms with van der Waals surface area (Å²) in [4.78, 5) is 0. The molecule has 0 bridgehead atoms. The minimum absolute atomic E-state index is 0.000939. The Hall–Kier alpha value is -0.160. The van der Waals surface area contributed by atoms with Crippen molar-refractivity contribution in [3.63, 3.8) is 0 Å². The SMILES string of the molecule is NC1CCC(NC(CO)CO)CC1. The molecular weight excluding hydrogens is 168 g/mol. The Morgan fingerprint density at radius 1 is 1.15 bits per heavy atom. The largest absolute Gasteiger partial charge is 0.395 e. The molecule has 0 aliphatic heterocycles. The van der Waals surface area contributed by atoms with Gasteiger partial charge in [-0.3, -0.25) is 0 Å². The maximum atomic E-state index is 8.86. The van der Waals surface area contributed by atoms with Crippen molar-refractivity contribution in [2.75, 3.05) is 13.2 Å². The van der Waals surface area contributed by atoms with E-state index in [0.29, 0.717) is 12.1 Å². The Morgan fingerprint density at radius 3 is 2.15 bits per heavy atom. The topological polar surface area (TPSA) is 78.5 Å². The predicted molar refractivity (Wildman–Crippen MR) is 51.3 cm³/mol. The van der Waals surface area contributed by atoms with Gasteiger partial charge in [0.2, 0.25) is 0 Å². The number of nitrogens with one attached hydrogen (secondary N) is 1. The zero-order chi connectivity index (χ0) is 9.68. The summed E-state index contributed by atoms with van der Waals surface area (Å²) in [5.74, 6) is 0. The van der Waals surface area contributed by atoms with Crippen molar-refractivity contribution in [3.05, 3.63) is 0 Å².